The highest BCUT2D eigenvalue weighted by atomic mass is 16.2. The van der Waals surface area contributed by atoms with Gasteiger partial charge in [-0.25, -0.2) is 15.4 Å². The van der Waals surface area contributed by atoms with Crippen LogP contribution < -0.4 is 5.43 Å². The van der Waals surface area contributed by atoms with Crippen LogP contribution in [0.15, 0.2) is 29.4 Å². The molecule has 2 aromatic rings. The maximum absolute atomic E-state index is 12.3. The normalized spacial score (nSPS) is 16.7. The lowest BCUT2D eigenvalue weighted by molar-refractivity contribution is -0.116. The number of rotatable bonds is 6. The summed E-state index contributed by atoms with van der Waals surface area (Å²) < 4.78 is 0. The van der Waals surface area contributed by atoms with Crippen LogP contribution in [0.2, 0.25) is 0 Å². The van der Waals surface area contributed by atoms with Gasteiger partial charge in [0.25, 0.3) is 5.91 Å². The molecule has 0 bridgehead atoms. The van der Waals surface area contributed by atoms with Crippen molar-refractivity contribution in [3.63, 3.8) is 0 Å². The fraction of sp³-hybridized carbons (Fsp3) is 0.400. The number of aromatic nitrogens is 3. The second-order valence-electron chi connectivity index (χ2n) is 6.69. The van der Waals surface area contributed by atoms with Gasteiger partial charge in [-0.15, -0.1) is 0 Å². The zero-order valence-electron chi connectivity index (χ0n) is 16.5. The number of aryl methyl sites for hydroxylation is 1. The summed E-state index contributed by atoms with van der Waals surface area (Å²) in [7, 11) is 0. The van der Waals surface area contributed by atoms with Crippen molar-refractivity contribution >= 4 is 17.7 Å². The number of aromatic amines is 1. The van der Waals surface area contributed by atoms with Crippen molar-refractivity contribution in [1.82, 2.24) is 25.3 Å². The summed E-state index contributed by atoms with van der Waals surface area (Å²) in [5, 5.41) is 4.16. The van der Waals surface area contributed by atoms with Crippen LogP contribution in [-0.2, 0) is 4.79 Å². The molecular formula is C20H26N6O. The topological polar surface area (TPSA) is 86.3 Å². The van der Waals surface area contributed by atoms with E-state index in [0.29, 0.717) is 22.9 Å². The van der Waals surface area contributed by atoms with E-state index in [-0.39, 0.29) is 5.91 Å². The quantitative estimate of drug-likeness (QED) is 0.770. The fourth-order valence-corrected chi connectivity index (χ4v) is 3.77. The van der Waals surface area contributed by atoms with Gasteiger partial charge in [0.15, 0.2) is 0 Å². The molecule has 1 aliphatic heterocycles. The Hall–Kier alpha value is -2.80. The predicted molar refractivity (Wildman–Crippen MR) is 106 cm³/mol. The highest BCUT2D eigenvalue weighted by molar-refractivity contribution is 6.33. The Balaban J connectivity index is 2.01. The summed E-state index contributed by atoms with van der Waals surface area (Å²) in [5.74, 6) is -0.223. The molecule has 1 amide bonds. The van der Waals surface area contributed by atoms with Crippen LogP contribution in [0.25, 0.3) is 6.08 Å². The predicted octanol–water partition coefficient (Wildman–Crippen LogP) is 2.74. The number of carbonyl (C=O) groups excluding carboxylic acids is 1. The number of hydrogen-bond donors (Lipinski definition) is 2. The molecule has 0 saturated carbocycles. The molecule has 142 valence electrons. The first-order valence-electron chi connectivity index (χ1n) is 9.26. The monoisotopic (exact) mass is 366 g/mol. The maximum atomic E-state index is 12.3. The van der Waals surface area contributed by atoms with E-state index in [1.165, 1.54) is 11.9 Å². The molecule has 3 heterocycles. The first-order chi connectivity index (χ1) is 13.0. The molecular weight excluding hydrogens is 340 g/mol. The minimum atomic E-state index is -0.223. The number of H-pyrrole nitrogens is 1. The largest absolute Gasteiger partial charge is 0.359 e. The van der Waals surface area contributed by atoms with Crippen molar-refractivity contribution in [1.29, 1.82) is 0 Å². The lowest BCUT2D eigenvalue weighted by atomic mass is 9.99. The van der Waals surface area contributed by atoms with Crippen molar-refractivity contribution in [3.05, 3.63) is 52.4 Å². The first kappa shape index (κ1) is 19.0. The van der Waals surface area contributed by atoms with Gasteiger partial charge in [0.1, 0.15) is 12.0 Å². The number of hydrogen-bond acceptors (Lipinski definition) is 5. The lowest BCUT2D eigenvalue weighted by Crippen LogP contribution is -2.27. The standard InChI is InChI=1S/C20H26N6O/c1-6-26(7-2)14(5)18-12(3)17(23-13(18)4)8-16-19(24-25-20(16)27)15-9-21-11-22-10-15/h8-11,14,23H,6-7H2,1-5H3,(H,25,27)/b16-8+. The van der Waals surface area contributed by atoms with E-state index in [2.05, 4.69) is 65.0 Å². The van der Waals surface area contributed by atoms with Crippen molar-refractivity contribution in [2.75, 3.05) is 13.1 Å². The number of amides is 1. The van der Waals surface area contributed by atoms with E-state index in [1.807, 2.05) is 6.08 Å². The molecule has 2 aromatic heterocycles. The van der Waals surface area contributed by atoms with E-state index in [9.17, 15) is 4.79 Å². The molecule has 0 saturated heterocycles. The number of carbonyl (C=O) groups is 1. The number of nitrogens with zero attached hydrogens (tertiary/aromatic N) is 4. The van der Waals surface area contributed by atoms with Gasteiger partial charge in [-0.05, 0) is 51.1 Å². The third-order valence-electron chi connectivity index (χ3n) is 5.20. The SMILES string of the molecule is CCN(CC)C(C)c1c(C)[nH]c(/C=C2/C(=O)NN=C2c2cncnc2)c1C. The first-order valence-corrected chi connectivity index (χ1v) is 9.26. The van der Waals surface area contributed by atoms with Gasteiger partial charge in [0.05, 0.1) is 5.57 Å². The molecule has 7 heteroatoms. The van der Waals surface area contributed by atoms with Gasteiger partial charge in [-0.3, -0.25) is 9.69 Å². The Bertz CT molecular complexity index is 893. The van der Waals surface area contributed by atoms with E-state index < -0.39 is 0 Å². The third-order valence-corrected chi connectivity index (χ3v) is 5.20. The zero-order valence-corrected chi connectivity index (χ0v) is 16.5. The Morgan fingerprint density at radius 2 is 1.85 bits per heavy atom. The summed E-state index contributed by atoms with van der Waals surface area (Å²) in [6, 6.07) is 0.302. The smallest absolute Gasteiger partial charge is 0.273 e. The molecule has 3 rings (SSSR count). The molecule has 27 heavy (non-hydrogen) atoms. The minimum absolute atomic E-state index is 0.223. The maximum Gasteiger partial charge on any atom is 0.273 e. The summed E-state index contributed by atoms with van der Waals surface area (Å²) >= 11 is 0. The highest BCUT2D eigenvalue weighted by Gasteiger charge is 2.26. The van der Waals surface area contributed by atoms with E-state index in [1.54, 1.807) is 12.4 Å². The van der Waals surface area contributed by atoms with E-state index in [4.69, 9.17) is 0 Å². The lowest BCUT2D eigenvalue weighted by Gasteiger charge is -2.27. The minimum Gasteiger partial charge on any atom is -0.359 e. The Morgan fingerprint density at radius 3 is 2.48 bits per heavy atom. The van der Waals surface area contributed by atoms with Crippen LogP contribution in [0, 0.1) is 13.8 Å². The molecule has 1 unspecified atom stereocenters. The van der Waals surface area contributed by atoms with Crippen LogP contribution in [0.1, 0.15) is 54.9 Å². The second-order valence-corrected chi connectivity index (χ2v) is 6.69. The van der Waals surface area contributed by atoms with Crippen LogP contribution in [0.3, 0.4) is 0 Å². The van der Waals surface area contributed by atoms with Gasteiger partial charge in [-0.1, -0.05) is 13.8 Å². The Morgan fingerprint density at radius 1 is 1.19 bits per heavy atom. The average molecular weight is 366 g/mol. The molecule has 0 aromatic carbocycles. The van der Waals surface area contributed by atoms with E-state index in [0.717, 1.165) is 30.0 Å². The molecule has 0 radical (unpaired) electrons. The fourth-order valence-electron chi connectivity index (χ4n) is 3.77. The molecule has 0 fully saturated rings. The Kier molecular flexibility index (Phi) is 5.51. The summed E-state index contributed by atoms with van der Waals surface area (Å²) in [5.41, 5.74) is 8.81. The summed E-state index contributed by atoms with van der Waals surface area (Å²) in [6.07, 6.45) is 6.63. The van der Waals surface area contributed by atoms with Crippen molar-refractivity contribution in [3.8, 4) is 0 Å². The van der Waals surface area contributed by atoms with Crippen LogP contribution >= 0.6 is 0 Å². The van der Waals surface area contributed by atoms with Gasteiger partial charge < -0.3 is 4.98 Å². The molecule has 1 aliphatic rings. The zero-order chi connectivity index (χ0) is 19.6. The highest BCUT2D eigenvalue weighted by Crippen LogP contribution is 2.30. The van der Waals surface area contributed by atoms with Gasteiger partial charge >= 0.3 is 0 Å². The number of hydrazone groups is 1. The van der Waals surface area contributed by atoms with Crippen molar-refractivity contribution < 1.29 is 4.79 Å². The summed E-state index contributed by atoms with van der Waals surface area (Å²) in [6.45, 7) is 12.7. The third kappa shape index (κ3) is 3.55. The van der Waals surface area contributed by atoms with Gasteiger partial charge in [0.2, 0.25) is 0 Å². The van der Waals surface area contributed by atoms with Crippen molar-refractivity contribution in [2.24, 2.45) is 5.10 Å². The van der Waals surface area contributed by atoms with Crippen LogP contribution in [-0.4, -0.2) is 44.6 Å². The van der Waals surface area contributed by atoms with Crippen LogP contribution in [0.5, 0.6) is 0 Å². The second kappa shape index (κ2) is 7.84. The average Bonchev–Trinajstić information content (AvgIpc) is 3.16. The molecule has 1 atom stereocenters. The molecule has 0 spiro atoms. The molecule has 2 N–H and O–H groups in total. The van der Waals surface area contributed by atoms with Crippen LogP contribution in [0.4, 0.5) is 0 Å². The van der Waals surface area contributed by atoms with Crippen molar-refractivity contribution in [2.45, 2.75) is 40.7 Å². The van der Waals surface area contributed by atoms with Gasteiger partial charge in [-0.2, -0.15) is 5.10 Å². The van der Waals surface area contributed by atoms with E-state index >= 15 is 0 Å². The molecule has 0 aliphatic carbocycles. The molecule has 7 nitrogen and oxygen atoms in total. The van der Waals surface area contributed by atoms with Gasteiger partial charge in [0, 0.05) is 35.4 Å². The number of nitrogens with one attached hydrogen (secondary N) is 2. The summed E-state index contributed by atoms with van der Waals surface area (Å²) in [4.78, 5) is 26.2. The Labute approximate surface area is 159 Å².